The Hall–Kier alpha value is -3.91. The SMILES string of the molecule is [2H]CN(C(=O)C1(c2ccc(OC)cc2)CCC(F)(F)CC1)[C@H](C(=O)Nc1ccc2c(cnn2C(=O)OC(C)(C)C)n1)[C@@H](C)O[Si](C)(C)C(C)(C)C. The standard InChI is InChI=1S/C36H51F2N5O6Si/c1-23(49-50(10,11)34(5,6)7)29(30(44)41-28-17-16-27-26(40-28)22-39-43(27)32(46)48-33(2,3)4)42(8)31(45)35(18-20-36(37,38)21-19-35)24-12-14-25(47-9)15-13-24/h12-17,22-23,29H,18-21H2,1-11H3,(H,40,41,44)/t23-,29+/m1/s1/i8D. The quantitative estimate of drug-likeness (QED) is 0.225. The third kappa shape index (κ3) is 8.34. The summed E-state index contributed by atoms with van der Waals surface area (Å²) >= 11 is 0. The maximum absolute atomic E-state index is 14.9. The Labute approximate surface area is 295 Å². The monoisotopic (exact) mass is 716 g/mol. The zero-order valence-electron chi connectivity index (χ0n) is 31.7. The van der Waals surface area contributed by atoms with Gasteiger partial charge in [-0.15, -0.1) is 0 Å². The van der Waals surface area contributed by atoms with Crippen molar-refractivity contribution < 1.29 is 38.4 Å². The predicted molar refractivity (Wildman–Crippen MR) is 190 cm³/mol. The first-order valence-corrected chi connectivity index (χ1v) is 19.6. The summed E-state index contributed by atoms with van der Waals surface area (Å²) in [5.41, 5.74) is -1.01. The van der Waals surface area contributed by atoms with E-state index in [1.54, 1.807) is 58.0 Å². The molecule has 1 fully saturated rings. The summed E-state index contributed by atoms with van der Waals surface area (Å²) < 4.78 is 56.3. The average Bonchev–Trinajstić information content (AvgIpc) is 3.45. The Kier molecular flexibility index (Phi) is 10.5. The molecule has 0 saturated heterocycles. The van der Waals surface area contributed by atoms with Gasteiger partial charge in [-0.25, -0.2) is 18.6 Å². The average molecular weight is 717 g/mol. The fraction of sp³-hybridized carbons (Fsp3) is 0.583. The lowest BCUT2D eigenvalue weighted by Crippen LogP contribution is -2.59. The van der Waals surface area contributed by atoms with E-state index in [0.29, 0.717) is 22.3 Å². The summed E-state index contributed by atoms with van der Waals surface area (Å²) in [5, 5.41) is 6.65. The predicted octanol–water partition coefficient (Wildman–Crippen LogP) is 7.55. The van der Waals surface area contributed by atoms with Crippen LogP contribution in [0.15, 0.2) is 42.6 Å². The molecule has 1 saturated carbocycles. The lowest BCUT2D eigenvalue weighted by molar-refractivity contribution is -0.149. The molecule has 0 bridgehead atoms. The second-order valence-corrected chi connectivity index (χ2v) is 20.4. The van der Waals surface area contributed by atoms with Crippen LogP contribution in [0.3, 0.4) is 0 Å². The third-order valence-electron chi connectivity index (χ3n) is 9.73. The molecule has 0 aliphatic heterocycles. The highest BCUT2D eigenvalue weighted by Crippen LogP contribution is 2.47. The minimum atomic E-state index is -2.95. The number of hydrogen-bond acceptors (Lipinski definition) is 8. The summed E-state index contributed by atoms with van der Waals surface area (Å²) in [6.07, 6.45) is -1.61. The molecule has 2 aromatic heterocycles. The van der Waals surface area contributed by atoms with Crippen molar-refractivity contribution in [3.63, 3.8) is 0 Å². The third-order valence-corrected chi connectivity index (χ3v) is 14.3. The largest absolute Gasteiger partial charge is 0.497 e. The zero-order valence-corrected chi connectivity index (χ0v) is 31.7. The normalized spacial score (nSPS) is 17.7. The Morgan fingerprint density at radius 3 is 2.18 bits per heavy atom. The van der Waals surface area contributed by atoms with E-state index >= 15 is 0 Å². The van der Waals surface area contributed by atoms with Gasteiger partial charge in [-0.2, -0.15) is 9.78 Å². The van der Waals surface area contributed by atoms with Gasteiger partial charge in [0, 0.05) is 21.2 Å². The second-order valence-electron chi connectivity index (χ2n) is 15.6. The molecule has 2 heterocycles. The van der Waals surface area contributed by atoms with Crippen LogP contribution in [0.2, 0.25) is 18.1 Å². The maximum Gasteiger partial charge on any atom is 0.435 e. The van der Waals surface area contributed by atoms with Gasteiger partial charge in [0.1, 0.15) is 28.7 Å². The van der Waals surface area contributed by atoms with Crippen molar-refractivity contribution in [2.75, 3.05) is 19.5 Å². The number of likely N-dealkylation sites (N-methyl/N-ethyl adjacent to an activating group) is 1. The van der Waals surface area contributed by atoms with E-state index in [0.717, 1.165) is 9.58 Å². The number of aromatic nitrogens is 3. The molecule has 3 aromatic rings. The summed E-state index contributed by atoms with van der Waals surface area (Å²) in [7, 11) is -1.67. The summed E-state index contributed by atoms with van der Waals surface area (Å²) in [5.74, 6) is -3.57. The molecule has 4 rings (SSSR count). The van der Waals surface area contributed by atoms with E-state index in [-0.39, 0.29) is 23.7 Å². The van der Waals surface area contributed by atoms with Crippen LogP contribution in [-0.2, 0) is 24.2 Å². The minimum Gasteiger partial charge on any atom is -0.497 e. The molecule has 0 unspecified atom stereocenters. The second kappa shape index (κ2) is 14.0. The molecule has 2 atom stereocenters. The van der Waals surface area contributed by atoms with Gasteiger partial charge in [0.2, 0.25) is 11.8 Å². The summed E-state index contributed by atoms with van der Waals surface area (Å²) in [4.78, 5) is 47.6. The van der Waals surface area contributed by atoms with Crippen LogP contribution in [0.5, 0.6) is 5.75 Å². The van der Waals surface area contributed by atoms with Gasteiger partial charge in [0.15, 0.2) is 8.32 Å². The van der Waals surface area contributed by atoms with Crippen molar-refractivity contribution in [2.24, 2.45) is 0 Å². The fourth-order valence-corrected chi connectivity index (χ4v) is 7.34. The summed E-state index contributed by atoms with van der Waals surface area (Å²) in [6, 6.07) is 8.43. The van der Waals surface area contributed by atoms with Crippen molar-refractivity contribution in [3.05, 3.63) is 48.2 Å². The van der Waals surface area contributed by atoms with Crippen LogP contribution in [0.1, 0.15) is 81.1 Å². The van der Waals surface area contributed by atoms with Crippen molar-refractivity contribution in [1.29, 1.82) is 0 Å². The van der Waals surface area contributed by atoms with Crippen LogP contribution < -0.4 is 10.1 Å². The van der Waals surface area contributed by atoms with Gasteiger partial charge in [0.25, 0.3) is 5.91 Å². The van der Waals surface area contributed by atoms with E-state index in [1.807, 2.05) is 33.9 Å². The minimum absolute atomic E-state index is 0.111. The highest BCUT2D eigenvalue weighted by Gasteiger charge is 2.52. The number of carbonyl (C=O) groups is 3. The number of alkyl halides is 2. The highest BCUT2D eigenvalue weighted by atomic mass is 28.4. The van der Waals surface area contributed by atoms with Gasteiger partial charge in [0.05, 0.1) is 30.3 Å². The number of pyridine rings is 1. The topological polar surface area (TPSA) is 125 Å². The number of hydrogen-bond donors (Lipinski definition) is 1. The Morgan fingerprint density at radius 1 is 1.02 bits per heavy atom. The number of rotatable bonds is 9. The van der Waals surface area contributed by atoms with Gasteiger partial charge < -0.3 is 24.1 Å². The molecule has 1 aliphatic carbocycles. The zero-order chi connectivity index (χ0) is 38.2. The Morgan fingerprint density at radius 2 is 1.64 bits per heavy atom. The van der Waals surface area contributed by atoms with Crippen LogP contribution in [0.25, 0.3) is 11.0 Å². The van der Waals surface area contributed by atoms with Gasteiger partial charge in [-0.1, -0.05) is 32.9 Å². The first-order valence-electron chi connectivity index (χ1n) is 17.4. The van der Waals surface area contributed by atoms with Crippen LogP contribution >= 0.6 is 0 Å². The Balaban J connectivity index is 1.75. The first-order chi connectivity index (χ1) is 23.5. The lowest BCUT2D eigenvalue weighted by atomic mass is 9.67. The molecular formula is C36H51F2N5O6Si. The number of fused-ring (bicyclic) bond motifs is 1. The number of carbonyl (C=O) groups excluding carboxylic acids is 3. The van der Waals surface area contributed by atoms with Gasteiger partial charge in [-0.05, 0) is 88.5 Å². The molecule has 274 valence electrons. The van der Waals surface area contributed by atoms with E-state index in [1.165, 1.54) is 19.4 Å². The first kappa shape index (κ1) is 37.3. The van der Waals surface area contributed by atoms with E-state index in [4.69, 9.17) is 15.3 Å². The number of benzene rings is 1. The van der Waals surface area contributed by atoms with Gasteiger partial charge >= 0.3 is 6.09 Å². The van der Waals surface area contributed by atoms with Crippen molar-refractivity contribution in [2.45, 2.75) is 121 Å². The smallest absolute Gasteiger partial charge is 0.435 e. The van der Waals surface area contributed by atoms with Crippen LogP contribution in [0.4, 0.5) is 19.4 Å². The number of nitrogens with one attached hydrogen (secondary N) is 1. The fourth-order valence-electron chi connectivity index (χ4n) is 5.93. The molecule has 11 nitrogen and oxygen atoms in total. The van der Waals surface area contributed by atoms with Crippen LogP contribution in [0, 0.1) is 0 Å². The molecule has 0 spiro atoms. The molecule has 1 N–H and O–H groups in total. The number of methoxy groups -OCH3 is 1. The number of halogens is 2. The van der Waals surface area contributed by atoms with E-state index in [2.05, 4.69) is 15.4 Å². The van der Waals surface area contributed by atoms with Crippen molar-refractivity contribution in [3.8, 4) is 5.75 Å². The molecule has 1 aliphatic rings. The number of nitrogens with zero attached hydrogens (tertiary/aromatic N) is 4. The molecular weight excluding hydrogens is 665 g/mol. The molecule has 2 amide bonds. The molecule has 1 aromatic carbocycles. The molecule has 14 heteroatoms. The number of ether oxygens (including phenoxy) is 2. The Bertz CT molecular complexity index is 1730. The van der Waals surface area contributed by atoms with Crippen molar-refractivity contribution >= 4 is 43.1 Å². The molecule has 50 heavy (non-hydrogen) atoms. The van der Waals surface area contributed by atoms with E-state index in [9.17, 15) is 23.2 Å². The van der Waals surface area contributed by atoms with Gasteiger partial charge in [-0.3, -0.25) is 9.59 Å². The highest BCUT2D eigenvalue weighted by molar-refractivity contribution is 6.74. The lowest BCUT2D eigenvalue weighted by Gasteiger charge is -2.45. The van der Waals surface area contributed by atoms with Crippen molar-refractivity contribution in [1.82, 2.24) is 19.7 Å². The summed E-state index contributed by atoms with van der Waals surface area (Å²) in [6.45, 7) is 17.1. The maximum atomic E-state index is 14.9. The number of anilines is 1. The molecule has 0 radical (unpaired) electrons. The van der Waals surface area contributed by atoms with Crippen LogP contribution in [-0.4, -0.2) is 83.7 Å². The van der Waals surface area contributed by atoms with E-state index < -0.39 is 75.2 Å². The number of amides is 2.